The lowest BCUT2D eigenvalue weighted by Gasteiger charge is -2.08. The second-order valence-electron chi connectivity index (χ2n) is 2.56. The molecular weight excluding hydrogens is 291 g/mol. The molecule has 84 valence electrons. The molecule has 0 amide bonds. The van der Waals surface area contributed by atoms with E-state index >= 15 is 0 Å². The van der Waals surface area contributed by atoms with Crippen LogP contribution in [0.4, 0.5) is 3.89 Å². The van der Waals surface area contributed by atoms with E-state index in [4.69, 9.17) is 4.74 Å². The molecule has 7 heteroatoms. The van der Waals surface area contributed by atoms with E-state index in [1.807, 2.05) is 0 Å². The maximum Gasteiger partial charge on any atom is 0.336 e. The summed E-state index contributed by atoms with van der Waals surface area (Å²) < 4.78 is 44.2. The molecular formula is C8H8BrFO4S. The van der Waals surface area contributed by atoms with Gasteiger partial charge in [0.2, 0.25) is 0 Å². The van der Waals surface area contributed by atoms with Gasteiger partial charge in [-0.2, -0.15) is 8.42 Å². The number of methoxy groups -OCH3 is 1. The van der Waals surface area contributed by atoms with Crippen LogP contribution in [0, 0.1) is 0 Å². The number of halogens is 2. The van der Waals surface area contributed by atoms with Gasteiger partial charge < -0.3 is 9.47 Å². The summed E-state index contributed by atoms with van der Waals surface area (Å²) in [5.41, 5.74) is 0. The Morgan fingerprint density at radius 3 is 2.67 bits per heavy atom. The topological polar surface area (TPSA) is 52.6 Å². The van der Waals surface area contributed by atoms with Crippen molar-refractivity contribution in [1.82, 2.24) is 0 Å². The Labute approximate surface area is 95.3 Å². The normalized spacial score (nSPS) is 11.4. The fraction of sp³-hybridized carbons (Fsp3) is 0.250. The summed E-state index contributed by atoms with van der Waals surface area (Å²) >= 11 is 2.93. The summed E-state index contributed by atoms with van der Waals surface area (Å²) in [5.74, 6) is -0.0891. The van der Waals surface area contributed by atoms with Gasteiger partial charge in [-0.3, -0.25) is 0 Å². The third-order valence-corrected chi connectivity index (χ3v) is 3.34. The van der Waals surface area contributed by atoms with Crippen molar-refractivity contribution in [3.05, 3.63) is 22.7 Å². The molecule has 0 aliphatic rings. The molecule has 0 aliphatic heterocycles. The first kappa shape index (κ1) is 12.4. The zero-order valence-electron chi connectivity index (χ0n) is 7.74. The Bertz CT molecular complexity index is 446. The van der Waals surface area contributed by atoms with Crippen molar-refractivity contribution in [3.63, 3.8) is 0 Å². The van der Waals surface area contributed by atoms with Crippen LogP contribution in [-0.2, 0) is 15.0 Å². The molecule has 0 spiro atoms. The van der Waals surface area contributed by atoms with Crippen LogP contribution in [-0.4, -0.2) is 22.3 Å². The Hall–Kier alpha value is -0.660. The van der Waals surface area contributed by atoms with Gasteiger partial charge in [-0.05, 0) is 28.1 Å². The van der Waals surface area contributed by atoms with Crippen molar-refractivity contribution >= 4 is 26.2 Å². The van der Waals surface area contributed by atoms with Crippen LogP contribution in [0.3, 0.4) is 0 Å². The van der Waals surface area contributed by atoms with Crippen molar-refractivity contribution in [1.29, 1.82) is 0 Å². The molecule has 0 saturated heterocycles. The van der Waals surface area contributed by atoms with E-state index in [2.05, 4.69) is 20.7 Å². The van der Waals surface area contributed by atoms with E-state index in [9.17, 15) is 12.3 Å². The summed E-state index contributed by atoms with van der Waals surface area (Å²) in [4.78, 5) is -0.526. The standard InChI is InChI=1S/C8H8BrFO4S/c1-13-5-14-7-4-2-3-6(9)8(7)15(10,11)12/h2-4H,5H2,1H3. The Balaban J connectivity index is 3.21. The zero-order chi connectivity index (χ0) is 11.5. The van der Waals surface area contributed by atoms with Gasteiger partial charge >= 0.3 is 10.2 Å². The Morgan fingerprint density at radius 1 is 1.47 bits per heavy atom. The van der Waals surface area contributed by atoms with Crippen molar-refractivity contribution in [2.45, 2.75) is 4.90 Å². The summed E-state index contributed by atoms with van der Waals surface area (Å²) in [5, 5.41) is 0. The maximum atomic E-state index is 12.9. The lowest BCUT2D eigenvalue weighted by atomic mass is 10.3. The molecule has 4 nitrogen and oxygen atoms in total. The van der Waals surface area contributed by atoms with E-state index < -0.39 is 15.1 Å². The Kier molecular flexibility index (Phi) is 4.06. The highest BCUT2D eigenvalue weighted by Gasteiger charge is 2.22. The third-order valence-electron chi connectivity index (χ3n) is 1.51. The second kappa shape index (κ2) is 4.91. The molecule has 0 fully saturated rings. The summed E-state index contributed by atoms with van der Waals surface area (Å²) in [6, 6.07) is 4.28. The lowest BCUT2D eigenvalue weighted by molar-refractivity contribution is 0.0489. The molecule has 0 N–H and O–H groups in total. The minimum Gasteiger partial charge on any atom is -0.466 e. The van der Waals surface area contributed by atoms with Crippen molar-refractivity contribution in [3.8, 4) is 5.75 Å². The van der Waals surface area contributed by atoms with Crippen LogP contribution in [0.25, 0.3) is 0 Å². The van der Waals surface area contributed by atoms with Crippen LogP contribution in [0.15, 0.2) is 27.6 Å². The van der Waals surface area contributed by atoms with Crippen LogP contribution < -0.4 is 4.74 Å². The van der Waals surface area contributed by atoms with Gasteiger partial charge in [0.05, 0.1) is 0 Å². The molecule has 0 atom stereocenters. The maximum absolute atomic E-state index is 12.9. The molecule has 0 heterocycles. The second-order valence-corrected chi connectivity index (χ2v) is 4.69. The van der Waals surface area contributed by atoms with Gasteiger partial charge in [0, 0.05) is 11.6 Å². The first-order valence-electron chi connectivity index (χ1n) is 3.81. The van der Waals surface area contributed by atoms with Crippen molar-refractivity contribution < 1.29 is 21.8 Å². The van der Waals surface area contributed by atoms with Crippen LogP contribution in [0.1, 0.15) is 0 Å². The summed E-state index contributed by atoms with van der Waals surface area (Å²) in [7, 11) is -3.45. The Morgan fingerprint density at radius 2 is 2.13 bits per heavy atom. The quantitative estimate of drug-likeness (QED) is 0.631. The van der Waals surface area contributed by atoms with Crippen LogP contribution >= 0.6 is 15.9 Å². The first-order chi connectivity index (χ1) is 6.96. The highest BCUT2D eigenvalue weighted by atomic mass is 79.9. The van der Waals surface area contributed by atoms with Gasteiger partial charge in [0.1, 0.15) is 5.75 Å². The summed E-state index contributed by atoms with van der Waals surface area (Å²) in [6.07, 6.45) is 0. The predicted molar refractivity (Wildman–Crippen MR) is 54.9 cm³/mol. The van der Waals surface area contributed by atoms with Crippen molar-refractivity contribution in [2.75, 3.05) is 13.9 Å². The number of rotatable bonds is 4. The number of hydrogen-bond acceptors (Lipinski definition) is 4. The molecule has 15 heavy (non-hydrogen) atoms. The van der Waals surface area contributed by atoms with E-state index in [1.165, 1.54) is 25.3 Å². The van der Waals surface area contributed by atoms with E-state index in [-0.39, 0.29) is 17.0 Å². The highest BCUT2D eigenvalue weighted by Crippen LogP contribution is 2.32. The van der Waals surface area contributed by atoms with Gasteiger partial charge in [0.15, 0.2) is 11.7 Å². The van der Waals surface area contributed by atoms with Crippen LogP contribution in [0.5, 0.6) is 5.75 Å². The fourth-order valence-electron chi connectivity index (χ4n) is 0.962. The van der Waals surface area contributed by atoms with E-state index in [0.29, 0.717) is 0 Å². The first-order valence-corrected chi connectivity index (χ1v) is 5.99. The predicted octanol–water partition coefficient (Wildman–Crippen LogP) is 2.09. The molecule has 0 aliphatic carbocycles. The van der Waals surface area contributed by atoms with Gasteiger partial charge in [0.25, 0.3) is 0 Å². The molecule has 0 bridgehead atoms. The highest BCUT2D eigenvalue weighted by molar-refractivity contribution is 9.10. The average Bonchev–Trinajstić information content (AvgIpc) is 2.12. The summed E-state index contributed by atoms with van der Waals surface area (Å²) in [6.45, 7) is -0.154. The minimum atomic E-state index is -4.82. The van der Waals surface area contributed by atoms with Gasteiger partial charge in [-0.15, -0.1) is 3.89 Å². The molecule has 0 radical (unpaired) electrons. The smallest absolute Gasteiger partial charge is 0.336 e. The largest absolute Gasteiger partial charge is 0.466 e. The molecule has 0 saturated carbocycles. The van der Waals surface area contributed by atoms with Crippen molar-refractivity contribution in [2.24, 2.45) is 0 Å². The molecule has 1 aromatic carbocycles. The molecule has 1 rings (SSSR count). The van der Waals surface area contributed by atoms with E-state index in [1.54, 1.807) is 0 Å². The van der Waals surface area contributed by atoms with Gasteiger partial charge in [-0.25, -0.2) is 0 Å². The average molecular weight is 299 g/mol. The monoisotopic (exact) mass is 298 g/mol. The zero-order valence-corrected chi connectivity index (χ0v) is 10.1. The third kappa shape index (κ3) is 3.15. The van der Waals surface area contributed by atoms with Gasteiger partial charge in [-0.1, -0.05) is 6.07 Å². The SMILES string of the molecule is COCOc1cccc(Br)c1S(=O)(=O)F. The lowest BCUT2D eigenvalue weighted by Crippen LogP contribution is -2.04. The van der Waals surface area contributed by atoms with Crippen LogP contribution in [0.2, 0.25) is 0 Å². The minimum absolute atomic E-state index is 0.0891. The fourth-order valence-corrected chi connectivity index (χ4v) is 2.56. The number of ether oxygens (including phenoxy) is 2. The number of benzene rings is 1. The molecule has 0 unspecified atom stereocenters. The number of hydrogen-bond donors (Lipinski definition) is 0. The van der Waals surface area contributed by atoms with E-state index in [0.717, 1.165) is 0 Å². The molecule has 1 aromatic rings. The molecule has 0 aromatic heterocycles.